The van der Waals surface area contributed by atoms with Gasteiger partial charge < -0.3 is 20.3 Å². The molecule has 1 saturated carbocycles. The summed E-state index contributed by atoms with van der Waals surface area (Å²) < 4.78 is 29.7. The number of amides is 1. The van der Waals surface area contributed by atoms with Crippen molar-refractivity contribution < 1.29 is 18.3 Å². The van der Waals surface area contributed by atoms with Gasteiger partial charge in [-0.3, -0.25) is 4.79 Å². The normalized spacial score (nSPS) is 18.0. The van der Waals surface area contributed by atoms with Gasteiger partial charge in [-0.2, -0.15) is 13.8 Å². The fraction of sp³-hybridized carbons (Fsp3) is 0.400. The Bertz CT molecular complexity index is 1130. The second-order valence-corrected chi connectivity index (χ2v) is 8.68. The summed E-state index contributed by atoms with van der Waals surface area (Å²) in [5, 5.41) is 7.31. The molecule has 2 aromatic carbocycles. The van der Waals surface area contributed by atoms with Crippen molar-refractivity contribution in [2.24, 2.45) is 5.92 Å². The van der Waals surface area contributed by atoms with E-state index in [1.165, 1.54) is 6.07 Å². The van der Waals surface area contributed by atoms with Gasteiger partial charge in [-0.25, -0.2) is 4.98 Å². The van der Waals surface area contributed by atoms with Crippen LogP contribution in [0.3, 0.4) is 0 Å². The molecule has 1 aromatic heterocycles. The van der Waals surface area contributed by atoms with Crippen LogP contribution in [0.1, 0.15) is 31.2 Å². The van der Waals surface area contributed by atoms with E-state index >= 15 is 0 Å². The Morgan fingerprint density at radius 3 is 2.50 bits per heavy atom. The minimum absolute atomic E-state index is 0.0675. The number of nitrogens with one attached hydrogen (secondary N) is 2. The third-order valence-electron chi connectivity index (χ3n) is 6.08. The largest absolute Gasteiger partial charge is 0.434 e. The van der Waals surface area contributed by atoms with Crippen molar-refractivity contribution in [1.29, 1.82) is 0 Å². The number of carbonyl (C=O) groups excluding carboxylic acids is 1. The van der Waals surface area contributed by atoms with Gasteiger partial charge in [-0.1, -0.05) is 30.3 Å². The van der Waals surface area contributed by atoms with Crippen molar-refractivity contribution in [3.05, 3.63) is 54.1 Å². The number of hydrogen-bond donors (Lipinski definition) is 2. The standard InChI is InChI=1S/C25H29F2N5O2/c1-32(2)22-19-8-4-5-9-20(19)30-25(31-22)29-18-13-11-16(12-14-18)23(33)28-15-17-7-3-6-10-21(17)34-24(26)27/h3-10,16,18,24H,11-15H2,1-2H3,(H,28,33)(H,29,30,31)/t16-,18+. The Hall–Kier alpha value is -3.49. The van der Waals surface area contributed by atoms with Crippen molar-refractivity contribution in [2.45, 2.75) is 44.9 Å². The predicted octanol–water partition coefficient (Wildman–Crippen LogP) is 4.58. The van der Waals surface area contributed by atoms with Crippen molar-refractivity contribution in [3.8, 4) is 5.75 Å². The van der Waals surface area contributed by atoms with Gasteiger partial charge in [-0.15, -0.1) is 0 Å². The molecule has 0 saturated heterocycles. The lowest BCUT2D eigenvalue weighted by Crippen LogP contribution is -2.36. The molecule has 34 heavy (non-hydrogen) atoms. The number of ether oxygens (including phenoxy) is 1. The van der Waals surface area contributed by atoms with Crippen molar-refractivity contribution in [3.63, 3.8) is 0 Å². The Labute approximate surface area is 197 Å². The zero-order valence-corrected chi connectivity index (χ0v) is 19.3. The molecule has 1 heterocycles. The molecule has 0 atom stereocenters. The van der Waals surface area contributed by atoms with Crippen LogP contribution in [0.5, 0.6) is 5.75 Å². The first-order chi connectivity index (χ1) is 16.4. The van der Waals surface area contributed by atoms with Crippen LogP contribution in [0.25, 0.3) is 10.9 Å². The van der Waals surface area contributed by atoms with E-state index in [0.29, 0.717) is 11.5 Å². The molecule has 0 aliphatic heterocycles. The zero-order valence-electron chi connectivity index (χ0n) is 19.3. The Kier molecular flexibility index (Phi) is 7.40. The molecule has 2 N–H and O–H groups in total. The van der Waals surface area contributed by atoms with Crippen molar-refractivity contribution >= 4 is 28.6 Å². The SMILES string of the molecule is CN(C)c1nc(N[C@H]2CC[C@@H](C(=O)NCc3ccccc3OC(F)F)CC2)nc2ccccc12. The number of alkyl halides is 2. The highest BCUT2D eigenvalue weighted by Crippen LogP contribution is 2.29. The van der Waals surface area contributed by atoms with Gasteiger partial charge in [0, 0.05) is 43.5 Å². The van der Waals surface area contributed by atoms with E-state index in [1.807, 2.05) is 43.3 Å². The number of aromatic nitrogens is 2. The average Bonchev–Trinajstić information content (AvgIpc) is 2.83. The van der Waals surface area contributed by atoms with E-state index in [-0.39, 0.29) is 30.2 Å². The molecule has 0 bridgehead atoms. The van der Waals surface area contributed by atoms with Gasteiger partial charge in [0.2, 0.25) is 11.9 Å². The number of fused-ring (bicyclic) bond motifs is 1. The smallest absolute Gasteiger partial charge is 0.387 e. The fourth-order valence-corrected chi connectivity index (χ4v) is 4.34. The maximum Gasteiger partial charge on any atom is 0.387 e. The summed E-state index contributed by atoms with van der Waals surface area (Å²) in [5.74, 6) is 1.35. The lowest BCUT2D eigenvalue weighted by molar-refractivity contribution is -0.126. The van der Waals surface area contributed by atoms with Gasteiger partial charge in [0.25, 0.3) is 0 Å². The van der Waals surface area contributed by atoms with Crippen molar-refractivity contribution in [1.82, 2.24) is 15.3 Å². The summed E-state index contributed by atoms with van der Waals surface area (Å²) in [4.78, 5) is 24.0. The maximum atomic E-state index is 12.7. The van der Waals surface area contributed by atoms with E-state index in [4.69, 9.17) is 4.98 Å². The molecule has 0 radical (unpaired) electrons. The van der Waals surface area contributed by atoms with E-state index in [0.717, 1.165) is 42.4 Å². The highest BCUT2D eigenvalue weighted by Gasteiger charge is 2.27. The van der Waals surface area contributed by atoms with Crippen LogP contribution in [0.2, 0.25) is 0 Å². The Morgan fingerprint density at radius 1 is 1.06 bits per heavy atom. The van der Waals surface area contributed by atoms with Crippen LogP contribution in [-0.2, 0) is 11.3 Å². The summed E-state index contributed by atoms with van der Waals surface area (Å²) in [6, 6.07) is 14.6. The molecule has 180 valence electrons. The second-order valence-electron chi connectivity index (χ2n) is 8.68. The van der Waals surface area contributed by atoms with Crippen LogP contribution in [0.15, 0.2) is 48.5 Å². The summed E-state index contributed by atoms with van der Waals surface area (Å²) in [6.07, 6.45) is 3.09. The molecule has 4 rings (SSSR count). The van der Waals surface area contributed by atoms with E-state index in [1.54, 1.807) is 18.2 Å². The highest BCUT2D eigenvalue weighted by molar-refractivity contribution is 5.90. The number of para-hydroxylation sites is 2. The van der Waals surface area contributed by atoms with Gasteiger partial charge in [-0.05, 0) is 43.9 Å². The molecule has 1 aliphatic carbocycles. The van der Waals surface area contributed by atoms with Gasteiger partial charge in [0.1, 0.15) is 11.6 Å². The zero-order chi connectivity index (χ0) is 24.1. The first-order valence-corrected chi connectivity index (χ1v) is 11.4. The van der Waals surface area contributed by atoms with E-state index < -0.39 is 6.61 Å². The number of anilines is 2. The van der Waals surface area contributed by atoms with E-state index in [9.17, 15) is 13.6 Å². The summed E-state index contributed by atoms with van der Waals surface area (Å²) in [7, 11) is 3.92. The molecule has 9 heteroatoms. The first-order valence-electron chi connectivity index (χ1n) is 11.4. The minimum Gasteiger partial charge on any atom is -0.434 e. The third kappa shape index (κ3) is 5.70. The van der Waals surface area contributed by atoms with Crippen LogP contribution in [0, 0.1) is 5.92 Å². The van der Waals surface area contributed by atoms with Gasteiger partial charge in [0.15, 0.2) is 0 Å². The molecule has 0 spiro atoms. The maximum absolute atomic E-state index is 12.7. The third-order valence-corrected chi connectivity index (χ3v) is 6.08. The number of rotatable bonds is 8. The minimum atomic E-state index is -2.90. The van der Waals surface area contributed by atoms with Gasteiger partial charge in [0.05, 0.1) is 5.52 Å². The van der Waals surface area contributed by atoms with Gasteiger partial charge >= 0.3 is 6.61 Å². The number of carbonyl (C=O) groups is 1. The molecule has 3 aromatic rings. The fourth-order valence-electron chi connectivity index (χ4n) is 4.34. The molecular formula is C25H29F2N5O2. The lowest BCUT2D eigenvalue weighted by atomic mass is 9.85. The van der Waals surface area contributed by atoms with Crippen LogP contribution >= 0.6 is 0 Å². The second kappa shape index (κ2) is 10.6. The van der Waals surface area contributed by atoms with Crippen molar-refractivity contribution in [2.75, 3.05) is 24.3 Å². The monoisotopic (exact) mass is 469 g/mol. The summed E-state index contributed by atoms with van der Waals surface area (Å²) >= 11 is 0. The molecule has 1 aliphatic rings. The molecule has 7 nitrogen and oxygen atoms in total. The van der Waals surface area contributed by atoms with Crippen LogP contribution < -0.4 is 20.3 Å². The van der Waals surface area contributed by atoms with Crippen LogP contribution in [-0.4, -0.2) is 42.6 Å². The topological polar surface area (TPSA) is 79.4 Å². The first kappa shape index (κ1) is 23.7. The van der Waals surface area contributed by atoms with E-state index in [2.05, 4.69) is 20.4 Å². The molecule has 0 unspecified atom stereocenters. The molecule has 1 amide bonds. The summed E-state index contributed by atoms with van der Waals surface area (Å²) in [5.41, 5.74) is 1.41. The van der Waals surface area contributed by atoms with Crippen LogP contribution in [0.4, 0.5) is 20.5 Å². The Morgan fingerprint density at radius 2 is 1.76 bits per heavy atom. The molecule has 1 fully saturated rings. The average molecular weight is 470 g/mol. The highest BCUT2D eigenvalue weighted by atomic mass is 19.3. The molecular weight excluding hydrogens is 440 g/mol. The quantitative estimate of drug-likeness (QED) is 0.503. The number of hydrogen-bond acceptors (Lipinski definition) is 6. The number of nitrogens with zero attached hydrogens (tertiary/aromatic N) is 3. The Balaban J connectivity index is 1.32. The number of halogens is 2. The lowest BCUT2D eigenvalue weighted by Gasteiger charge is -2.29. The number of benzene rings is 2. The summed E-state index contributed by atoms with van der Waals surface area (Å²) in [6.45, 7) is -2.75. The predicted molar refractivity (Wildman–Crippen MR) is 128 cm³/mol.